The molecular formula is C6H10N2O. The summed E-state index contributed by atoms with van der Waals surface area (Å²) in [6.07, 6.45) is 0.810. The number of hydrogen-bond acceptors (Lipinski definition) is 2. The summed E-state index contributed by atoms with van der Waals surface area (Å²) in [5, 5.41) is 5.47. The lowest BCUT2D eigenvalue weighted by atomic mass is 10.2. The van der Waals surface area contributed by atoms with Gasteiger partial charge in [-0.1, -0.05) is 13.5 Å². The van der Waals surface area contributed by atoms with Crippen LogP contribution in [0.25, 0.3) is 0 Å². The van der Waals surface area contributed by atoms with Gasteiger partial charge in [0, 0.05) is 0 Å². The van der Waals surface area contributed by atoms with E-state index in [0.717, 1.165) is 6.42 Å². The van der Waals surface area contributed by atoms with Crippen molar-refractivity contribution in [3.63, 3.8) is 0 Å². The third-order valence-corrected chi connectivity index (χ3v) is 1.35. The summed E-state index contributed by atoms with van der Waals surface area (Å²) in [5.41, 5.74) is 0. The molecule has 1 heterocycles. The number of rotatable bonds is 1. The zero-order valence-electron chi connectivity index (χ0n) is 5.40. The number of carbonyl (C=O) groups is 1. The van der Waals surface area contributed by atoms with Crippen molar-refractivity contribution in [2.24, 2.45) is 0 Å². The lowest BCUT2D eigenvalue weighted by Crippen LogP contribution is -2.26. The maximum absolute atomic E-state index is 10.8. The van der Waals surface area contributed by atoms with Gasteiger partial charge in [-0.2, -0.15) is 0 Å². The Kier molecular flexibility index (Phi) is 1.42. The van der Waals surface area contributed by atoms with Crippen molar-refractivity contribution >= 4 is 5.91 Å². The molecule has 0 radical (unpaired) electrons. The van der Waals surface area contributed by atoms with Gasteiger partial charge in [-0.25, -0.2) is 0 Å². The van der Waals surface area contributed by atoms with Gasteiger partial charge < -0.3 is 10.6 Å². The van der Waals surface area contributed by atoms with Crippen LogP contribution in [0.1, 0.15) is 13.3 Å². The van der Waals surface area contributed by atoms with Crippen molar-refractivity contribution in [1.82, 2.24) is 10.6 Å². The fourth-order valence-electron chi connectivity index (χ4n) is 0.835. The fraction of sp³-hybridized carbons (Fsp3) is 0.500. The van der Waals surface area contributed by atoms with E-state index in [-0.39, 0.29) is 11.9 Å². The Balaban J connectivity index is 2.58. The summed E-state index contributed by atoms with van der Waals surface area (Å²) in [6, 6.07) is -0.0579. The molecule has 1 atom stereocenters. The number of nitrogens with one attached hydrogen (secondary N) is 2. The molecule has 0 aromatic carbocycles. The normalized spacial score (nSPS) is 25.7. The van der Waals surface area contributed by atoms with Gasteiger partial charge in [-0.3, -0.25) is 4.79 Å². The maximum Gasteiger partial charge on any atom is 0.247 e. The second-order valence-electron chi connectivity index (χ2n) is 2.07. The summed E-state index contributed by atoms with van der Waals surface area (Å²) in [4.78, 5) is 10.8. The third kappa shape index (κ3) is 1.04. The highest BCUT2D eigenvalue weighted by Gasteiger charge is 2.23. The van der Waals surface area contributed by atoms with E-state index in [1.165, 1.54) is 0 Å². The van der Waals surface area contributed by atoms with E-state index in [1.807, 2.05) is 6.92 Å². The largest absolute Gasteiger partial charge is 0.360 e. The van der Waals surface area contributed by atoms with E-state index >= 15 is 0 Å². The first kappa shape index (κ1) is 6.13. The molecule has 1 unspecified atom stereocenters. The minimum atomic E-state index is -0.0579. The Morgan fingerprint density at radius 2 is 2.44 bits per heavy atom. The monoisotopic (exact) mass is 126 g/mol. The zero-order chi connectivity index (χ0) is 6.85. The van der Waals surface area contributed by atoms with Crippen LogP contribution in [0.2, 0.25) is 0 Å². The molecule has 0 aromatic heterocycles. The smallest absolute Gasteiger partial charge is 0.247 e. The van der Waals surface area contributed by atoms with Crippen molar-refractivity contribution in [3.8, 4) is 0 Å². The van der Waals surface area contributed by atoms with E-state index in [4.69, 9.17) is 0 Å². The van der Waals surface area contributed by atoms with E-state index in [0.29, 0.717) is 5.82 Å². The number of hydrogen-bond donors (Lipinski definition) is 2. The van der Waals surface area contributed by atoms with Crippen LogP contribution in [-0.2, 0) is 4.79 Å². The van der Waals surface area contributed by atoms with Gasteiger partial charge in [0.1, 0.15) is 6.04 Å². The second-order valence-corrected chi connectivity index (χ2v) is 2.07. The molecule has 1 saturated heterocycles. The highest BCUT2D eigenvalue weighted by Crippen LogP contribution is 2.00. The molecule has 0 saturated carbocycles. The van der Waals surface area contributed by atoms with Gasteiger partial charge in [0.05, 0.1) is 5.82 Å². The molecule has 0 spiro atoms. The van der Waals surface area contributed by atoms with E-state index in [9.17, 15) is 4.79 Å². The molecule has 0 bridgehead atoms. The summed E-state index contributed by atoms with van der Waals surface area (Å²) in [7, 11) is 0. The predicted molar refractivity (Wildman–Crippen MR) is 34.5 cm³/mol. The van der Waals surface area contributed by atoms with Gasteiger partial charge in [0.25, 0.3) is 0 Å². The molecule has 1 rings (SSSR count). The first-order valence-corrected chi connectivity index (χ1v) is 3.00. The van der Waals surface area contributed by atoms with Gasteiger partial charge in [0.2, 0.25) is 5.91 Å². The third-order valence-electron chi connectivity index (χ3n) is 1.35. The number of carbonyl (C=O) groups excluding carboxylic acids is 1. The van der Waals surface area contributed by atoms with Crippen molar-refractivity contribution < 1.29 is 4.79 Å². The molecular weight excluding hydrogens is 116 g/mol. The topological polar surface area (TPSA) is 41.1 Å². The zero-order valence-corrected chi connectivity index (χ0v) is 5.40. The Hall–Kier alpha value is -0.990. The highest BCUT2D eigenvalue weighted by atomic mass is 16.2. The first-order valence-electron chi connectivity index (χ1n) is 3.00. The Labute approximate surface area is 54.1 Å². The van der Waals surface area contributed by atoms with E-state index in [2.05, 4.69) is 17.2 Å². The quantitative estimate of drug-likeness (QED) is 0.517. The fourth-order valence-corrected chi connectivity index (χ4v) is 0.835. The molecule has 0 aromatic rings. The van der Waals surface area contributed by atoms with Crippen LogP contribution in [0, 0.1) is 0 Å². The van der Waals surface area contributed by atoms with E-state index in [1.54, 1.807) is 0 Å². The van der Waals surface area contributed by atoms with Crippen LogP contribution >= 0.6 is 0 Å². The van der Waals surface area contributed by atoms with Gasteiger partial charge in [0.15, 0.2) is 0 Å². The SMILES string of the molecule is C=C1NC(=O)C(CC)N1. The second kappa shape index (κ2) is 2.09. The molecule has 50 valence electrons. The molecule has 1 aliphatic heterocycles. The van der Waals surface area contributed by atoms with Crippen LogP contribution in [0.4, 0.5) is 0 Å². The molecule has 3 nitrogen and oxygen atoms in total. The number of amides is 1. The summed E-state index contributed by atoms with van der Waals surface area (Å²) >= 11 is 0. The van der Waals surface area contributed by atoms with Crippen LogP contribution in [-0.4, -0.2) is 11.9 Å². The summed E-state index contributed by atoms with van der Waals surface area (Å²) in [6.45, 7) is 5.51. The Bertz CT molecular complexity index is 153. The summed E-state index contributed by atoms with van der Waals surface area (Å²) in [5.74, 6) is 0.648. The van der Waals surface area contributed by atoms with Crippen molar-refractivity contribution in [1.29, 1.82) is 0 Å². The van der Waals surface area contributed by atoms with Crippen LogP contribution < -0.4 is 10.6 Å². The minimum Gasteiger partial charge on any atom is -0.360 e. The lowest BCUT2D eigenvalue weighted by Gasteiger charge is -2.00. The molecule has 1 amide bonds. The Morgan fingerprint density at radius 3 is 2.67 bits per heavy atom. The summed E-state index contributed by atoms with van der Waals surface area (Å²) < 4.78 is 0. The standard InChI is InChI=1S/C6H10N2O/c1-3-5-6(9)8-4(2)7-5/h5,7H,2-3H2,1H3,(H,8,9). The maximum atomic E-state index is 10.8. The molecule has 9 heavy (non-hydrogen) atoms. The van der Waals surface area contributed by atoms with Crippen LogP contribution in [0.5, 0.6) is 0 Å². The van der Waals surface area contributed by atoms with Crippen molar-refractivity contribution in [2.75, 3.05) is 0 Å². The highest BCUT2D eigenvalue weighted by molar-refractivity contribution is 5.86. The predicted octanol–water partition coefficient (Wildman–Crippen LogP) is -0.0444. The molecule has 2 N–H and O–H groups in total. The van der Waals surface area contributed by atoms with E-state index < -0.39 is 0 Å². The average Bonchev–Trinajstić information content (AvgIpc) is 2.10. The lowest BCUT2D eigenvalue weighted by molar-refractivity contribution is -0.120. The molecule has 1 aliphatic rings. The molecule has 1 fully saturated rings. The minimum absolute atomic E-state index is 0.0301. The van der Waals surface area contributed by atoms with Gasteiger partial charge in [-0.15, -0.1) is 0 Å². The molecule has 3 heteroatoms. The van der Waals surface area contributed by atoms with Crippen LogP contribution in [0.3, 0.4) is 0 Å². The Morgan fingerprint density at radius 1 is 1.78 bits per heavy atom. The van der Waals surface area contributed by atoms with Crippen molar-refractivity contribution in [3.05, 3.63) is 12.4 Å². The van der Waals surface area contributed by atoms with Crippen molar-refractivity contribution in [2.45, 2.75) is 19.4 Å². The average molecular weight is 126 g/mol. The van der Waals surface area contributed by atoms with Gasteiger partial charge >= 0.3 is 0 Å². The molecule has 0 aliphatic carbocycles. The van der Waals surface area contributed by atoms with Gasteiger partial charge in [-0.05, 0) is 6.42 Å². The first-order chi connectivity index (χ1) is 4.24. The van der Waals surface area contributed by atoms with Crippen LogP contribution in [0.15, 0.2) is 12.4 Å².